The van der Waals surface area contributed by atoms with Gasteiger partial charge in [0.2, 0.25) is 11.4 Å². The maximum atomic E-state index is 9.75. The molecule has 0 saturated carbocycles. The zero-order valence-electron chi connectivity index (χ0n) is 7.94. The third-order valence-corrected chi connectivity index (χ3v) is 1.77. The van der Waals surface area contributed by atoms with E-state index in [0.29, 0.717) is 0 Å². The summed E-state index contributed by atoms with van der Waals surface area (Å²) >= 11 is 1.71. The van der Waals surface area contributed by atoms with Crippen molar-refractivity contribution in [2.75, 3.05) is 27.4 Å². The van der Waals surface area contributed by atoms with E-state index in [4.69, 9.17) is 0 Å². The van der Waals surface area contributed by atoms with Crippen LogP contribution in [0.15, 0.2) is 0 Å². The molecule has 8 heteroatoms. The summed E-state index contributed by atoms with van der Waals surface area (Å²) in [4.78, 5) is 2.05. The van der Waals surface area contributed by atoms with Crippen LogP contribution < -0.4 is 5.32 Å². The molecule has 0 unspecified atom stereocenters. The van der Waals surface area contributed by atoms with E-state index in [-0.39, 0.29) is 0 Å². The second kappa shape index (κ2) is 7.22. The molecule has 0 spiro atoms. The number of nitrogens with one attached hydrogen (secondary N) is 1. The lowest BCUT2D eigenvalue weighted by Crippen LogP contribution is -2.34. The summed E-state index contributed by atoms with van der Waals surface area (Å²) in [6, 6.07) is 0. The Morgan fingerprint density at radius 3 is 1.54 bits per heavy atom. The average molecular weight is 220 g/mol. The highest BCUT2D eigenvalue weighted by atomic mass is 32.1. The first-order valence-electron chi connectivity index (χ1n) is 3.35. The highest BCUT2D eigenvalue weighted by Crippen LogP contribution is 2.06. The van der Waals surface area contributed by atoms with Crippen LogP contribution in [0, 0.1) is 0 Å². The van der Waals surface area contributed by atoms with Crippen LogP contribution in [-0.2, 0) is 11.4 Å². The SMILES string of the molecule is CN/C(=[S+]/C)N(C)C.F[B-](F)(F)F. The van der Waals surface area contributed by atoms with Gasteiger partial charge in [-0.3, -0.25) is 0 Å². The molecule has 0 amide bonds. The molecule has 0 aromatic heterocycles. The topological polar surface area (TPSA) is 15.3 Å². The first kappa shape index (κ1) is 15.3. The van der Waals surface area contributed by atoms with Crippen molar-refractivity contribution >= 4 is 23.7 Å². The van der Waals surface area contributed by atoms with Gasteiger partial charge in [0.25, 0.3) is 0 Å². The monoisotopic (exact) mass is 220 g/mol. The van der Waals surface area contributed by atoms with Crippen molar-refractivity contribution in [2.45, 2.75) is 0 Å². The number of halogens is 4. The molecule has 0 atom stereocenters. The van der Waals surface area contributed by atoms with Crippen LogP contribution in [-0.4, -0.2) is 44.7 Å². The molecule has 1 N–H and O–H groups in total. The van der Waals surface area contributed by atoms with Gasteiger partial charge < -0.3 is 17.3 Å². The molecule has 80 valence electrons. The molecule has 0 aliphatic heterocycles. The van der Waals surface area contributed by atoms with Crippen LogP contribution in [0.25, 0.3) is 0 Å². The number of hydrogen-bond donors (Lipinski definition) is 1. The summed E-state index contributed by atoms with van der Waals surface area (Å²) < 4.78 is 39.0. The Morgan fingerprint density at radius 1 is 1.23 bits per heavy atom. The Labute approximate surface area is 79.4 Å². The Kier molecular flexibility index (Phi) is 8.49. The molecule has 0 fully saturated rings. The molecule has 0 aromatic rings. The smallest absolute Gasteiger partial charge is 0.418 e. The highest BCUT2D eigenvalue weighted by Gasteiger charge is 2.20. The molecule has 0 bridgehead atoms. The highest BCUT2D eigenvalue weighted by molar-refractivity contribution is 7.77. The minimum Gasteiger partial charge on any atom is -0.418 e. The zero-order valence-corrected chi connectivity index (χ0v) is 8.76. The minimum absolute atomic E-state index is 1.19. The summed E-state index contributed by atoms with van der Waals surface area (Å²) in [5, 5.41) is 4.24. The van der Waals surface area contributed by atoms with Gasteiger partial charge >= 0.3 is 12.4 Å². The van der Waals surface area contributed by atoms with Gasteiger partial charge in [-0.2, -0.15) is 0 Å². The average Bonchev–Trinajstić information content (AvgIpc) is 1.85. The summed E-state index contributed by atoms with van der Waals surface area (Å²) in [5.74, 6) is 0. The van der Waals surface area contributed by atoms with Crippen molar-refractivity contribution < 1.29 is 17.3 Å². The number of nitrogens with zero attached hydrogens (tertiary/aromatic N) is 1. The van der Waals surface area contributed by atoms with Crippen molar-refractivity contribution in [3.05, 3.63) is 0 Å². The molecule has 0 aliphatic rings. The Balaban J connectivity index is 0. The molecule has 0 radical (unpaired) electrons. The van der Waals surface area contributed by atoms with E-state index in [1.54, 1.807) is 11.4 Å². The molecule has 0 saturated heterocycles. The zero-order chi connectivity index (χ0) is 11.1. The van der Waals surface area contributed by atoms with Crippen molar-refractivity contribution in [1.29, 1.82) is 0 Å². The fraction of sp³-hybridized carbons (Fsp3) is 0.800. The van der Waals surface area contributed by atoms with E-state index in [9.17, 15) is 17.3 Å². The first-order chi connectivity index (χ1) is 5.72. The molecule has 2 nitrogen and oxygen atoms in total. The summed E-state index contributed by atoms with van der Waals surface area (Å²) in [6.07, 6.45) is 2.05. The number of rotatable bonds is 0. The lowest BCUT2D eigenvalue weighted by atomic mass is 10.3. The fourth-order valence-corrected chi connectivity index (χ4v) is 1.08. The van der Waals surface area contributed by atoms with Gasteiger partial charge in [-0.25, -0.2) is 10.2 Å². The Bertz CT molecular complexity index is 153. The second-order valence-electron chi connectivity index (χ2n) is 2.15. The third-order valence-electron chi connectivity index (χ3n) is 0.813. The standard InChI is InChI=1S/C5H13N2S.BF4/c1-6-5(8-4)7(2)3;2-1(3,4)5/h6H,1-4H3;/q+1;-1. The van der Waals surface area contributed by atoms with E-state index in [1.807, 2.05) is 32.3 Å². The van der Waals surface area contributed by atoms with E-state index in [2.05, 4.69) is 5.32 Å². The van der Waals surface area contributed by atoms with E-state index in [1.165, 1.54) is 5.11 Å². The fourth-order valence-electron chi connectivity index (χ4n) is 0.508. The largest absolute Gasteiger partial charge is 0.673 e. The van der Waals surface area contributed by atoms with Crippen LogP contribution in [0.4, 0.5) is 17.3 Å². The Morgan fingerprint density at radius 2 is 1.54 bits per heavy atom. The van der Waals surface area contributed by atoms with Crippen molar-refractivity contribution in [3.8, 4) is 0 Å². The van der Waals surface area contributed by atoms with Crippen LogP contribution in [0.2, 0.25) is 0 Å². The molecule has 0 rings (SSSR count). The van der Waals surface area contributed by atoms with Gasteiger partial charge in [0.15, 0.2) is 6.26 Å². The Hall–Kier alpha value is -0.205. The van der Waals surface area contributed by atoms with Crippen LogP contribution >= 0.6 is 0 Å². The molecule has 0 aromatic carbocycles. The second-order valence-corrected chi connectivity index (χ2v) is 2.94. The number of hydrogen-bond acceptors (Lipinski definition) is 0. The first-order valence-corrected chi connectivity index (χ1v) is 4.58. The van der Waals surface area contributed by atoms with E-state index >= 15 is 0 Å². The normalized spacial score (nSPS) is 12.5. The predicted molar refractivity (Wildman–Crippen MR) is 51.2 cm³/mol. The predicted octanol–water partition coefficient (Wildman–Crippen LogP) is 0.867. The van der Waals surface area contributed by atoms with Crippen molar-refractivity contribution in [2.24, 2.45) is 0 Å². The summed E-state index contributed by atoms with van der Waals surface area (Å²) in [5.41, 5.74) is 0. The summed E-state index contributed by atoms with van der Waals surface area (Å²) in [7, 11) is -0.0451. The summed E-state index contributed by atoms with van der Waals surface area (Å²) in [6.45, 7) is 0. The molecule has 13 heavy (non-hydrogen) atoms. The van der Waals surface area contributed by atoms with Gasteiger partial charge in [-0.1, -0.05) is 0 Å². The van der Waals surface area contributed by atoms with Crippen molar-refractivity contribution in [1.82, 2.24) is 10.2 Å². The molecule has 0 heterocycles. The maximum Gasteiger partial charge on any atom is 0.673 e. The maximum absolute atomic E-state index is 9.75. The molecular formula is C5H13BF4N2S. The van der Waals surface area contributed by atoms with Gasteiger partial charge in [0.05, 0.1) is 0 Å². The lowest BCUT2D eigenvalue weighted by molar-refractivity contribution is 0.368. The van der Waals surface area contributed by atoms with Gasteiger partial charge in [-0.05, 0) is 21.1 Å². The van der Waals surface area contributed by atoms with Crippen LogP contribution in [0.5, 0.6) is 0 Å². The van der Waals surface area contributed by atoms with Crippen LogP contribution in [0.1, 0.15) is 0 Å². The van der Waals surface area contributed by atoms with E-state index in [0.717, 1.165) is 0 Å². The quantitative estimate of drug-likeness (QED) is 0.282. The van der Waals surface area contributed by atoms with Gasteiger partial charge in [0, 0.05) is 0 Å². The molecule has 0 aliphatic carbocycles. The van der Waals surface area contributed by atoms with Crippen LogP contribution in [0.3, 0.4) is 0 Å². The lowest BCUT2D eigenvalue weighted by Gasteiger charge is -2.01. The van der Waals surface area contributed by atoms with Crippen molar-refractivity contribution in [3.63, 3.8) is 0 Å². The third kappa shape index (κ3) is 18.6. The molecular weight excluding hydrogens is 207 g/mol. The van der Waals surface area contributed by atoms with Gasteiger partial charge in [-0.15, -0.1) is 0 Å². The van der Waals surface area contributed by atoms with Gasteiger partial charge in [0.1, 0.15) is 0 Å². The minimum atomic E-state index is -6.00. The van der Waals surface area contributed by atoms with E-state index < -0.39 is 7.25 Å².